The Hall–Kier alpha value is -2.17. The normalized spacial score (nSPS) is 22.6. The zero-order valence-electron chi connectivity index (χ0n) is 11.8. The molecule has 0 aromatic heterocycles. The SMILES string of the molecule is CC(NC(=O)[C@@H]1CC=CC[C@@H]1C(=O)O)c1ccccc1F. The molecular formula is C16H18FNO3. The largest absolute Gasteiger partial charge is 0.481 e. The van der Waals surface area contributed by atoms with Crippen molar-refractivity contribution in [3.63, 3.8) is 0 Å². The summed E-state index contributed by atoms with van der Waals surface area (Å²) in [5.74, 6) is -3.03. The van der Waals surface area contributed by atoms with Crippen LogP contribution in [0.15, 0.2) is 36.4 Å². The van der Waals surface area contributed by atoms with Crippen LogP contribution in [0.1, 0.15) is 31.4 Å². The van der Waals surface area contributed by atoms with Crippen molar-refractivity contribution in [3.05, 3.63) is 47.8 Å². The summed E-state index contributed by atoms with van der Waals surface area (Å²) in [6.07, 6.45) is 4.34. The first-order valence-electron chi connectivity index (χ1n) is 6.93. The van der Waals surface area contributed by atoms with Crippen molar-refractivity contribution in [2.24, 2.45) is 11.8 Å². The number of hydrogen-bond acceptors (Lipinski definition) is 2. The molecule has 112 valence electrons. The Morgan fingerprint density at radius 1 is 1.24 bits per heavy atom. The van der Waals surface area contributed by atoms with Crippen molar-refractivity contribution >= 4 is 11.9 Å². The number of benzene rings is 1. The highest BCUT2D eigenvalue weighted by Crippen LogP contribution is 2.27. The van der Waals surface area contributed by atoms with Crippen molar-refractivity contribution in [1.82, 2.24) is 5.32 Å². The lowest BCUT2D eigenvalue weighted by Crippen LogP contribution is -2.39. The molecule has 1 aromatic rings. The van der Waals surface area contributed by atoms with Gasteiger partial charge in [-0.15, -0.1) is 0 Å². The molecule has 4 nitrogen and oxygen atoms in total. The first kappa shape index (κ1) is 15.2. The summed E-state index contributed by atoms with van der Waals surface area (Å²) in [7, 11) is 0. The molecule has 21 heavy (non-hydrogen) atoms. The second-order valence-electron chi connectivity index (χ2n) is 5.25. The molecule has 5 heteroatoms. The summed E-state index contributed by atoms with van der Waals surface area (Å²) in [6, 6.07) is 5.72. The van der Waals surface area contributed by atoms with E-state index in [0.29, 0.717) is 18.4 Å². The molecule has 1 aromatic carbocycles. The lowest BCUT2D eigenvalue weighted by molar-refractivity contribution is -0.147. The van der Waals surface area contributed by atoms with Gasteiger partial charge in [0.05, 0.1) is 17.9 Å². The van der Waals surface area contributed by atoms with E-state index < -0.39 is 23.8 Å². The highest BCUT2D eigenvalue weighted by molar-refractivity contribution is 5.85. The number of hydrogen-bond donors (Lipinski definition) is 2. The zero-order chi connectivity index (χ0) is 15.4. The molecule has 0 spiro atoms. The van der Waals surface area contributed by atoms with Crippen molar-refractivity contribution in [2.45, 2.75) is 25.8 Å². The Morgan fingerprint density at radius 2 is 1.86 bits per heavy atom. The van der Waals surface area contributed by atoms with Crippen LogP contribution in [0.3, 0.4) is 0 Å². The molecule has 0 heterocycles. The Balaban J connectivity index is 2.08. The van der Waals surface area contributed by atoms with Gasteiger partial charge >= 0.3 is 5.97 Å². The van der Waals surface area contributed by atoms with E-state index in [1.54, 1.807) is 31.2 Å². The number of carboxylic acid groups (broad SMARTS) is 1. The maximum absolute atomic E-state index is 13.7. The number of carboxylic acids is 1. The maximum Gasteiger partial charge on any atom is 0.307 e. The fourth-order valence-electron chi connectivity index (χ4n) is 2.60. The third-order valence-electron chi connectivity index (χ3n) is 3.82. The molecule has 0 saturated heterocycles. The summed E-state index contributed by atoms with van der Waals surface area (Å²) >= 11 is 0. The second kappa shape index (κ2) is 6.52. The van der Waals surface area contributed by atoms with Crippen LogP contribution in [0.4, 0.5) is 4.39 Å². The minimum atomic E-state index is -0.974. The van der Waals surface area contributed by atoms with Gasteiger partial charge in [-0.05, 0) is 25.8 Å². The minimum Gasteiger partial charge on any atom is -0.481 e. The Bertz CT molecular complexity index is 570. The molecule has 0 radical (unpaired) electrons. The molecule has 2 N–H and O–H groups in total. The molecule has 2 rings (SSSR count). The molecule has 1 amide bonds. The van der Waals surface area contributed by atoms with Crippen molar-refractivity contribution in [1.29, 1.82) is 0 Å². The van der Waals surface area contributed by atoms with E-state index >= 15 is 0 Å². The first-order valence-corrected chi connectivity index (χ1v) is 6.93. The summed E-state index contributed by atoms with van der Waals surface area (Å²) < 4.78 is 13.7. The first-order chi connectivity index (χ1) is 10.0. The van der Waals surface area contributed by atoms with E-state index in [1.165, 1.54) is 6.07 Å². The molecule has 3 atom stereocenters. The van der Waals surface area contributed by atoms with Gasteiger partial charge in [-0.3, -0.25) is 9.59 Å². The van der Waals surface area contributed by atoms with Gasteiger partial charge in [-0.1, -0.05) is 30.4 Å². The van der Waals surface area contributed by atoms with Gasteiger partial charge in [0.25, 0.3) is 0 Å². The number of nitrogens with one attached hydrogen (secondary N) is 1. The summed E-state index contributed by atoms with van der Waals surface area (Å²) in [6.45, 7) is 1.69. The minimum absolute atomic E-state index is 0.345. The van der Waals surface area contributed by atoms with Crippen molar-refractivity contribution in [3.8, 4) is 0 Å². The summed E-state index contributed by atoms with van der Waals surface area (Å²) in [4.78, 5) is 23.5. The van der Waals surface area contributed by atoms with Gasteiger partial charge in [0.1, 0.15) is 5.82 Å². The van der Waals surface area contributed by atoms with Gasteiger partial charge < -0.3 is 10.4 Å². The fraction of sp³-hybridized carbons (Fsp3) is 0.375. The monoisotopic (exact) mass is 291 g/mol. The van der Waals surface area contributed by atoms with E-state index in [1.807, 2.05) is 6.08 Å². The number of allylic oxidation sites excluding steroid dienone is 2. The lowest BCUT2D eigenvalue weighted by Gasteiger charge is -2.26. The van der Waals surface area contributed by atoms with E-state index in [2.05, 4.69) is 5.32 Å². The average molecular weight is 291 g/mol. The van der Waals surface area contributed by atoms with Crippen LogP contribution in [-0.2, 0) is 9.59 Å². The molecule has 1 aliphatic carbocycles. The molecule has 1 unspecified atom stereocenters. The van der Waals surface area contributed by atoms with Crippen LogP contribution >= 0.6 is 0 Å². The number of carbonyl (C=O) groups is 2. The number of carbonyl (C=O) groups excluding carboxylic acids is 1. The molecule has 0 saturated carbocycles. The smallest absolute Gasteiger partial charge is 0.307 e. The topological polar surface area (TPSA) is 66.4 Å². The number of halogens is 1. The van der Waals surface area contributed by atoms with Crippen LogP contribution in [0, 0.1) is 17.7 Å². The molecule has 1 aliphatic rings. The summed E-state index contributed by atoms with van der Waals surface area (Å²) in [5, 5.41) is 11.9. The predicted octanol–water partition coefficient (Wildman–Crippen LogP) is 2.67. The highest BCUT2D eigenvalue weighted by atomic mass is 19.1. The third-order valence-corrected chi connectivity index (χ3v) is 3.82. The van der Waals surface area contributed by atoms with Gasteiger partial charge in [-0.25, -0.2) is 4.39 Å². The molecule has 0 fully saturated rings. The Kier molecular flexibility index (Phi) is 4.73. The number of rotatable bonds is 4. The summed E-state index contributed by atoms with van der Waals surface area (Å²) in [5.41, 5.74) is 0.393. The van der Waals surface area contributed by atoms with Gasteiger partial charge in [0.15, 0.2) is 0 Å². The Labute approximate surface area is 122 Å². The van der Waals surface area contributed by atoms with Crippen LogP contribution < -0.4 is 5.32 Å². The molecular weight excluding hydrogens is 273 g/mol. The zero-order valence-corrected chi connectivity index (χ0v) is 11.8. The van der Waals surface area contributed by atoms with Crippen molar-refractivity contribution in [2.75, 3.05) is 0 Å². The van der Waals surface area contributed by atoms with Gasteiger partial charge in [0.2, 0.25) is 5.91 Å². The standard InChI is InChI=1S/C16H18FNO3/c1-10(11-6-4-5-9-14(11)17)18-15(19)12-7-2-3-8-13(12)16(20)21/h2-6,9-10,12-13H,7-8H2,1H3,(H,18,19)(H,20,21)/t10?,12-,13+/m1/s1. The average Bonchev–Trinajstić information content (AvgIpc) is 2.47. The number of aliphatic carboxylic acids is 1. The van der Waals surface area contributed by atoms with Crippen LogP contribution in [0.2, 0.25) is 0 Å². The number of amides is 1. The Morgan fingerprint density at radius 3 is 2.48 bits per heavy atom. The second-order valence-corrected chi connectivity index (χ2v) is 5.25. The van der Waals surface area contributed by atoms with E-state index in [4.69, 9.17) is 0 Å². The van der Waals surface area contributed by atoms with Crippen LogP contribution in [-0.4, -0.2) is 17.0 Å². The van der Waals surface area contributed by atoms with Crippen molar-refractivity contribution < 1.29 is 19.1 Å². The molecule has 0 bridgehead atoms. The van der Waals surface area contributed by atoms with E-state index in [9.17, 15) is 19.1 Å². The molecule has 0 aliphatic heterocycles. The predicted molar refractivity (Wildman–Crippen MR) is 75.9 cm³/mol. The quantitative estimate of drug-likeness (QED) is 0.838. The third kappa shape index (κ3) is 3.48. The fourth-order valence-corrected chi connectivity index (χ4v) is 2.60. The van der Waals surface area contributed by atoms with Crippen LogP contribution in [0.5, 0.6) is 0 Å². The van der Waals surface area contributed by atoms with E-state index in [0.717, 1.165) is 0 Å². The van der Waals surface area contributed by atoms with Gasteiger partial charge in [-0.2, -0.15) is 0 Å². The van der Waals surface area contributed by atoms with Crippen LogP contribution in [0.25, 0.3) is 0 Å². The van der Waals surface area contributed by atoms with E-state index in [-0.39, 0.29) is 11.7 Å². The highest BCUT2D eigenvalue weighted by Gasteiger charge is 2.34. The van der Waals surface area contributed by atoms with Gasteiger partial charge in [0, 0.05) is 5.56 Å². The maximum atomic E-state index is 13.7. The lowest BCUT2D eigenvalue weighted by atomic mass is 9.82.